The molecule has 22 heavy (non-hydrogen) atoms. The highest BCUT2D eigenvalue weighted by atomic mass is 16.4. The van der Waals surface area contributed by atoms with Gasteiger partial charge in [-0.05, 0) is 18.2 Å². The Kier molecular flexibility index (Phi) is 2.53. The molecule has 0 aliphatic carbocycles. The Labute approximate surface area is 125 Å². The zero-order chi connectivity index (χ0) is 15.3. The van der Waals surface area contributed by atoms with Gasteiger partial charge >= 0.3 is 5.97 Å². The van der Waals surface area contributed by atoms with Crippen LogP contribution >= 0.6 is 0 Å². The van der Waals surface area contributed by atoms with Crippen LogP contribution in [0.4, 0.5) is 0 Å². The van der Waals surface area contributed by atoms with Crippen molar-refractivity contribution in [3.05, 3.63) is 48.3 Å². The Hall–Kier alpha value is -3.15. The van der Waals surface area contributed by atoms with E-state index in [1.807, 2.05) is 37.4 Å². The number of carboxylic acid groups (broad SMARTS) is 1. The van der Waals surface area contributed by atoms with Gasteiger partial charge in [-0.2, -0.15) is 5.10 Å². The van der Waals surface area contributed by atoms with E-state index < -0.39 is 5.97 Å². The molecule has 2 N–H and O–H groups in total. The van der Waals surface area contributed by atoms with Gasteiger partial charge in [0.05, 0.1) is 5.52 Å². The number of H-pyrrole nitrogens is 1. The molecule has 1 aromatic carbocycles. The van der Waals surface area contributed by atoms with E-state index >= 15 is 0 Å². The molecule has 3 aromatic heterocycles. The molecule has 108 valence electrons. The summed E-state index contributed by atoms with van der Waals surface area (Å²) in [4.78, 5) is 19.0. The van der Waals surface area contributed by atoms with Gasteiger partial charge in [0, 0.05) is 29.5 Å². The lowest BCUT2D eigenvalue weighted by atomic mass is 10.1. The number of benzene rings is 1. The van der Waals surface area contributed by atoms with Crippen molar-refractivity contribution in [3.63, 3.8) is 0 Å². The smallest absolute Gasteiger partial charge is 0.354 e. The summed E-state index contributed by atoms with van der Waals surface area (Å²) in [5.74, 6) is -1.05. The number of para-hydroxylation sites is 1. The minimum Gasteiger partial charge on any atom is -0.477 e. The molecule has 0 atom stereocenters. The van der Waals surface area contributed by atoms with Crippen LogP contribution in [0.5, 0.6) is 0 Å². The van der Waals surface area contributed by atoms with E-state index in [2.05, 4.69) is 15.1 Å². The first-order chi connectivity index (χ1) is 10.6. The Bertz CT molecular complexity index is 1030. The predicted molar refractivity (Wildman–Crippen MR) is 82.8 cm³/mol. The monoisotopic (exact) mass is 292 g/mol. The van der Waals surface area contributed by atoms with Crippen molar-refractivity contribution < 1.29 is 9.90 Å². The molecule has 0 spiro atoms. The van der Waals surface area contributed by atoms with Gasteiger partial charge in [-0.15, -0.1) is 0 Å². The summed E-state index contributed by atoms with van der Waals surface area (Å²) in [6.45, 7) is 0. The Morgan fingerprint density at radius 3 is 2.77 bits per heavy atom. The highest BCUT2D eigenvalue weighted by Gasteiger charge is 2.17. The fourth-order valence-electron chi connectivity index (χ4n) is 2.68. The minimum absolute atomic E-state index is 0.0120. The normalized spacial score (nSPS) is 11.3. The average molecular weight is 292 g/mol. The maximum Gasteiger partial charge on any atom is 0.354 e. The number of nitrogens with zero attached hydrogens (tertiary/aromatic N) is 3. The Balaban J connectivity index is 2.15. The van der Waals surface area contributed by atoms with Crippen molar-refractivity contribution in [2.24, 2.45) is 7.05 Å². The number of nitrogens with one attached hydrogen (secondary N) is 1. The molecule has 0 bridgehead atoms. The molecule has 3 heterocycles. The second kappa shape index (κ2) is 4.42. The summed E-state index contributed by atoms with van der Waals surface area (Å²) in [7, 11) is 1.81. The summed E-state index contributed by atoms with van der Waals surface area (Å²) in [5.41, 5.74) is 2.94. The van der Waals surface area contributed by atoms with Gasteiger partial charge in [-0.1, -0.05) is 18.2 Å². The first kappa shape index (κ1) is 12.6. The second-order valence-corrected chi connectivity index (χ2v) is 5.13. The summed E-state index contributed by atoms with van der Waals surface area (Å²) in [6.07, 6.45) is 1.80. The van der Waals surface area contributed by atoms with Crippen LogP contribution in [0.2, 0.25) is 0 Å². The predicted octanol–water partition coefficient (Wildman–Crippen LogP) is 2.81. The summed E-state index contributed by atoms with van der Waals surface area (Å²) >= 11 is 0. The molecule has 6 nitrogen and oxygen atoms in total. The van der Waals surface area contributed by atoms with E-state index in [0.717, 1.165) is 21.8 Å². The van der Waals surface area contributed by atoms with Crippen LogP contribution in [-0.4, -0.2) is 30.8 Å². The molecule has 0 amide bonds. The molecule has 4 aromatic rings. The van der Waals surface area contributed by atoms with Gasteiger partial charge in [0.1, 0.15) is 17.1 Å². The highest BCUT2D eigenvalue weighted by molar-refractivity contribution is 6.12. The molecular formula is C16H12N4O2. The van der Waals surface area contributed by atoms with Crippen LogP contribution in [-0.2, 0) is 7.05 Å². The molecule has 4 rings (SSSR count). The van der Waals surface area contributed by atoms with Crippen molar-refractivity contribution in [1.29, 1.82) is 0 Å². The zero-order valence-electron chi connectivity index (χ0n) is 11.7. The van der Waals surface area contributed by atoms with E-state index in [-0.39, 0.29) is 5.69 Å². The van der Waals surface area contributed by atoms with E-state index in [1.54, 1.807) is 16.9 Å². The minimum atomic E-state index is -1.05. The molecule has 0 aliphatic heterocycles. The Morgan fingerprint density at radius 2 is 2.05 bits per heavy atom. The van der Waals surface area contributed by atoms with Crippen molar-refractivity contribution in [1.82, 2.24) is 19.7 Å². The number of pyridine rings is 1. The maximum absolute atomic E-state index is 11.4. The lowest BCUT2D eigenvalue weighted by Crippen LogP contribution is -2.02. The number of fused-ring (bicyclic) bond motifs is 3. The summed E-state index contributed by atoms with van der Waals surface area (Å²) in [5, 5.41) is 15.5. The molecular weight excluding hydrogens is 280 g/mol. The molecule has 6 heteroatoms. The van der Waals surface area contributed by atoms with Crippen LogP contribution in [0, 0.1) is 0 Å². The van der Waals surface area contributed by atoms with E-state index in [0.29, 0.717) is 11.4 Å². The number of carbonyl (C=O) groups is 1. The van der Waals surface area contributed by atoms with Crippen molar-refractivity contribution >= 4 is 27.8 Å². The second-order valence-electron chi connectivity index (χ2n) is 5.13. The topological polar surface area (TPSA) is 83.8 Å². The van der Waals surface area contributed by atoms with Crippen LogP contribution < -0.4 is 0 Å². The highest BCUT2D eigenvalue weighted by Crippen LogP contribution is 2.31. The number of hydrogen-bond acceptors (Lipinski definition) is 3. The molecule has 0 fully saturated rings. The number of aromatic amines is 1. The van der Waals surface area contributed by atoms with Gasteiger partial charge in [0.2, 0.25) is 0 Å². The van der Waals surface area contributed by atoms with E-state index in [9.17, 15) is 9.90 Å². The van der Waals surface area contributed by atoms with Gasteiger partial charge in [-0.3, -0.25) is 4.68 Å². The molecule has 0 radical (unpaired) electrons. The van der Waals surface area contributed by atoms with Crippen molar-refractivity contribution in [2.75, 3.05) is 0 Å². The van der Waals surface area contributed by atoms with E-state index in [4.69, 9.17) is 0 Å². The third-order valence-corrected chi connectivity index (χ3v) is 3.67. The third-order valence-electron chi connectivity index (χ3n) is 3.67. The van der Waals surface area contributed by atoms with Crippen molar-refractivity contribution in [3.8, 4) is 11.4 Å². The number of aromatic carboxylic acids is 1. The average Bonchev–Trinajstić information content (AvgIpc) is 3.09. The van der Waals surface area contributed by atoms with Crippen molar-refractivity contribution in [2.45, 2.75) is 0 Å². The number of hydrogen-bond donors (Lipinski definition) is 2. The Morgan fingerprint density at radius 1 is 1.23 bits per heavy atom. The van der Waals surface area contributed by atoms with Crippen LogP contribution in [0.25, 0.3) is 33.2 Å². The van der Waals surface area contributed by atoms with E-state index in [1.165, 1.54) is 0 Å². The van der Waals surface area contributed by atoms with Gasteiger partial charge in [0.15, 0.2) is 0 Å². The zero-order valence-corrected chi connectivity index (χ0v) is 11.7. The lowest BCUT2D eigenvalue weighted by Gasteiger charge is -2.02. The fourth-order valence-corrected chi connectivity index (χ4v) is 2.68. The lowest BCUT2D eigenvalue weighted by molar-refractivity contribution is 0.0691. The summed E-state index contributed by atoms with van der Waals surface area (Å²) in [6, 6.07) is 11.2. The standard InChI is InChI=1S/C16H12N4O2/c1-20-7-6-12(19-20)15-14-10(8-13(18-15)16(21)22)9-4-2-3-5-11(9)17-14/h2-8,17H,1H3,(H,21,22). The third kappa shape index (κ3) is 1.77. The first-order valence-corrected chi connectivity index (χ1v) is 6.78. The number of aromatic nitrogens is 4. The number of rotatable bonds is 2. The van der Waals surface area contributed by atoms with Crippen LogP contribution in [0.1, 0.15) is 10.5 Å². The van der Waals surface area contributed by atoms with Gasteiger partial charge in [-0.25, -0.2) is 9.78 Å². The molecule has 0 saturated carbocycles. The van der Waals surface area contributed by atoms with Gasteiger partial charge < -0.3 is 10.1 Å². The molecule has 0 aliphatic rings. The summed E-state index contributed by atoms with van der Waals surface area (Å²) < 4.78 is 1.67. The maximum atomic E-state index is 11.4. The van der Waals surface area contributed by atoms with Gasteiger partial charge in [0.25, 0.3) is 0 Å². The first-order valence-electron chi connectivity index (χ1n) is 6.78. The SMILES string of the molecule is Cn1ccc(-c2nc(C(=O)O)cc3c2[nH]c2ccccc23)n1. The number of carboxylic acids is 1. The van der Waals surface area contributed by atoms with Crippen LogP contribution in [0.3, 0.4) is 0 Å². The largest absolute Gasteiger partial charge is 0.477 e. The van der Waals surface area contributed by atoms with Crippen LogP contribution in [0.15, 0.2) is 42.6 Å². The fraction of sp³-hybridized carbons (Fsp3) is 0.0625. The quantitative estimate of drug-likeness (QED) is 0.595. The number of aryl methyl sites for hydroxylation is 1. The molecule has 0 unspecified atom stereocenters. The molecule has 0 saturated heterocycles.